The molecular weight excluding hydrogens is 258 g/mol. The second-order valence-electron chi connectivity index (χ2n) is 6.28. The van der Waals surface area contributed by atoms with Crippen LogP contribution in [0.25, 0.3) is 0 Å². The van der Waals surface area contributed by atoms with Gasteiger partial charge in [0.05, 0.1) is 18.6 Å². The molecule has 1 heterocycles. The van der Waals surface area contributed by atoms with Crippen molar-refractivity contribution in [3.8, 4) is 0 Å². The van der Waals surface area contributed by atoms with Crippen LogP contribution in [0, 0.1) is 0 Å². The highest BCUT2D eigenvalue weighted by molar-refractivity contribution is 5.72. The van der Waals surface area contributed by atoms with Crippen molar-refractivity contribution in [1.29, 1.82) is 0 Å². The summed E-state index contributed by atoms with van der Waals surface area (Å²) in [4.78, 5) is 11.4. The van der Waals surface area contributed by atoms with Crippen LogP contribution in [0.15, 0.2) is 28.2 Å². The number of hydrogen-bond donors (Lipinski definition) is 0. The van der Waals surface area contributed by atoms with Crippen LogP contribution in [0.1, 0.15) is 57.1 Å². The Morgan fingerprint density at radius 2 is 1.86 bits per heavy atom. The topological polar surface area (TPSA) is 28.0 Å². The van der Waals surface area contributed by atoms with Gasteiger partial charge in [-0.25, -0.2) is 0 Å². The number of hydrogen-bond acceptors (Lipinski definition) is 3. The van der Waals surface area contributed by atoms with E-state index in [0.717, 1.165) is 31.7 Å². The van der Waals surface area contributed by atoms with Crippen LogP contribution in [-0.2, 0) is 0 Å². The van der Waals surface area contributed by atoms with E-state index in [0.29, 0.717) is 11.8 Å². The third-order valence-electron chi connectivity index (χ3n) is 3.86. The molecule has 2 rings (SSSR count). The van der Waals surface area contributed by atoms with E-state index < -0.39 is 0 Å². The maximum absolute atomic E-state index is 4.81. The standard InChI is InChI=1S/C18H27N3/c1-14(2)16-7-5-8-17(15(3)4)18(16)20-10-12-21-11-6-9-19-13-21/h5,7-8,10,13-15H,6,9,11-12H2,1-4H3. The molecule has 0 N–H and O–H groups in total. The molecule has 0 aromatic heterocycles. The molecule has 0 bridgehead atoms. The Kier molecular flexibility index (Phi) is 5.54. The van der Waals surface area contributed by atoms with Crippen molar-refractivity contribution < 1.29 is 0 Å². The molecule has 0 unspecified atom stereocenters. The molecule has 0 fully saturated rings. The number of aliphatic imine (C=N–C) groups is 2. The van der Waals surface area contributed by atoms with Crippen molar-refractivity contribution in [2.24, 2.45) is 9.98 Å². The molecule has 0 atom stereocenters. The molecule has 3 heteroatoms. The van der Waals surface area contributed by atoms with Gasteiger partial charge in [0.25, 0.3) is 0 Å². The zero-order valence-electron chi connectivity index (χ0n) is 13.7. The summed E-state index contributed by atoms with van der Waals surface area (Å²) in [6.45, 7) is 11.8. The minimum atomic E-state index is 0.493. The molecule has 0 saturated heterocycles. The third kappa shape index (κ3) is 4.16. The lowest BCUT2D eigenvalue weighted by Gasteiger charge is -2.20. The van der Waals surface area contributed by atoms with E-state index >= 15 is 0 Å². The summed E-state index contributed by atoms with van der Waals surface area (Å²) in [6.07, 6.45) is 5.13. The predicted molar refractivity (Wildman–Crippen MR) is 92.3 cm³/mol. The monoisotopic (exact) mass is 285 g/mol. The average Bonchev–Trinajstić information content (AvgIpc) is 2.48. The van der Waals surface area contributed by atoms with E-state index in [-0.39, 0.29) is 0 Å². The third-order valence-corrected chi connectivity index (χ3v) is 3.86. The molecule has 0 saturated carbocycles. The highest BCUT2D eigenvalue weighted by Gasteiger charge is 2.12. The van der Waals surface area contributed by atoms with Crippen LogP contribution < -0.4 is 0 Å². The molecule has 0 spiro atoms. The Bertz CT molecular complexity index is 489. The first-order chi connectivity index (χ1) is 10.1. The van der Waals surface area contributed by atoms with Crippen LogP contribution >= 0.6 is 0 Å². The summed E-state index contributed by atoms with van der Waals surface area (Å²) in [5.74, 6) is 0.986. The highest BCUT2D eigenvalue weighted by Crippen LogP contribution is 2.34. The van der Waals surface area contributed by atoms with Crippen LogP contribution in [0.5, 0.6) is 0 Å². The van der Waals surface area contributed by atoms with Crippen LogP contribution in [0.2, 0.25) is 0 Å². The van der Waals surface area contributed by atoms with E-state index in [2.05, 4.69) is 55.8 Å². The Morgan fingerprint density at radius 3 is 2.38 bits per heavy atom. The molecule has 1 aromatic rings. The first kappa shape index (κ1) is 15.7. The van der Waals surface area contributed by atoms with Gasteiger partial charge in [0.1, 0.15) is 0 Å². The Balaban J connectivity index is 2.20. The maximum Gasteiger partial charge on any atom is 0.0853 e. The lowest BCUT2D eigenvalue weighted by Crippen LogP contribution is -2.28. The fourth-order valence-corrected chi connectivity index (χ4v) is 2.63. The summed E-state index contributed by atoms with van der Waals surface area (Å²) in [6, 6.07) is 6.55. The van der Waals surface area contributed by atoms with Gasteiger partial charge in [-0.15, -0.1) is 0 Å². The SMILES string of the molecule is CC(C)c1cccc(C(C)C)c1N=CCN1C=NCCC1. The quantitative estimate of drug-likeness (QED) is 0.738. The molecule has 1 aliphatic heterocycles. The molecule has 21 heavy (non-hydrogen) atoms. The van der Waals surface area contributed by atoms with Crippen LogP contribution in [0.4, 0.5) is 5.69 Å². The molecule has 114 valence electrons. The van der Waals surface area contributed by atoms with E-state index in [9.17, 15) is 0 Å². The van der Waals surface area contributed by atoms with Crippen LogP contribution in [-0.4, -0.2) is 37.1 Å². The van der Waals surface area contributed by atoms with Crippen molar-refractivity contribution in [3.05, 3.63) is 29.3 Å². The van der Waals surface area contributed by atoms with Gasteiger partial charge >= 0.3 is 0 Å². The first-order valence-electron chi connectivity index (χ1n) is 7.99. The van der Waals surface area contributed by atoms with Gasteiger partial charge in [-0.3, -0.25) is 9.98 Å². The summed E-state index contributed by atoms with van der Waals surface area (Å²) < 4.78 is 0. The zero-order chi connectivity index (χ0) is 15.2. The molecule has 0 aliphatic carbocycles. The van der Waals surface area contributed by atoms with Crippen molar-refractivity contribution in [2.75, 3.05) is 19.6 Å². The number of rotatable bonds is 5. The minimum Gasteiger partial charge on any atom is -0.358 e. The molecule has 0 amide bonds. The van der Waals surface area contributed by atoms with Crippen molar-refractivity contribution in [3.63, 3.8) is 0 Å². The largest absolute Gasteiger partial charge is 0.358 e. The Labute approximate surface area is 128 Å². The normalized spacial score (nSPS) is 15.6. The Hall–Kier alpha value is -1.64. The molecule has 1 aliphatic rings. The summed E-state index contributed by atoms with van der Waals surface area (Å²) in [5, 5.41) is 0. The van der Waals surface area contributed by atoms with E-state index in [1.807, 2.05) is 12.6 Å². The highest BCUT2D eigenvalue weighted by atomic mass is 15.2. The van der Waals surface area contributed by atoms with Crippen molar-refractivity contribution in [1.82, 2.24) is 4.90 Å². The molecular formula is C18H27N3. The summed E-state index contributed by atoms with van der Waals surface area (Å²) in [7, 11) is 0. The van der Waals surface area contributed by atoms with E-state index in [1.54, 1.807) is 0 Å². The second-order valence-corrected chi connectivity index (χ2v) is 6.28. The maximum atomic E-state index is 4.81. The first-order valence-corrected chi connectivity index (χ1v) is 7.99. The number of para-hydroxylation sites is 1. The van der Waals surface area contributed by atoms with Gasteiger partial charge < -0.3 is 4.90 Å². The average molecular weight is 285 g/mol. The van der Waals surface area contributed by atoms with Gasteiger partial charge in [0, 0.05) is 19.3 Å². The predicted octanol–water partition coefficient (Wildman–Crippen LogP) is 4.37. The van der Waals surface area contributed by atoms with Gasteiger partial charge in [-0.05, 0) is 29.4 Å². The van der Waals surface area contributed by atoms with Gasteiger partial charge in [0.15, 0.2) is 0 Å². The summed E-state index contributed by atoms with van der Waals surface area (Å²) >= 11 is 0. The minimum absolute atomic E-state index is 0.493. The van der Waals surface area contributed by atoms with Crippen molar-refractivity contribution in [2.45, 2.75) is 46.0 Å². The smallest absolute Gasteiger partial charge is 0.0853 e. The van der Waals surface area contributed by atoms with Gasteiger partial charge in [-0.2, -0.15) is 0 Å². The van der Waals surface area contributed by atoms with Gasteiger partial charge in [-0.1, -0.05) is 45.9 Å². The molecule has 1 aromatic carbocycles. The van der Waals surface area contributed by atoms with E-state index in [4.69, 9.17) is 4.99 Å². The number of benzene rings is 1. The lowest BCUT2D eigenvalue weighted by molar-refractivity contribution is 0.458. The Morgan fingerprint density at radius 1 is 1.19 bits per heavy atom. The molecule has 0 radical (unpaired) electrons. The fourth-order valence-electron chi connectivity index (χ4n) is 2.63. The zero-order valence-corrected chi connectivity index (χ0v) is 13.7. The number of nitrogens with zero attached hydrogens (tertiary/aromatic N) is 3. The van der Waals surface area contributed by atoms with Crippen molar-refractivity contribution >= 4 is 18.2 Å². The lowest BCUT2D eigenvalue weighted by atomic mass is 9.93. The second kappa shape index (κ2) is 7.39. The molecule has 3 nitrogen and oxygen atoms in total. The van der Waals surface area contributed by atoms with Gasteiger partial charge in [0.2, 0.25) is 0 Å². The van der Waals surface area contributed by atoms with Crippen LogP contribution in [0.3, 0.4) is 0 Å². The fraction of sp³-hybridized carbons (Fsp3) is 0.556. The van der Waals surface area contributed by atoms with E-state index in [1.165, 1.54) is 11.1 Å². The summed E-state index contributed by atoms with van der Waals surface area (Å²) in [5.41, 5.74) is 3.84.